The first-order chi connectivity index (χ1) is 13.5. The summed E-state index contributed by atoms with van der Waals surface area (Å²) in [5, 5.41) is 14.1. The van der Waals surface area contributed by atoms with Gasteiger partial charge in [-0.25, -0.2) is 14.5 Å². The van der Waals surface area contributed by atoms with Gasteiger partial charge in [-0.05, 0) is 37.3 Å². The number of carboxylic acid groups (broad SMARTS) is 1. The maximum atomic E-state index is 11.4. The predicted octanol–water partition coefficient (Wildman–Crippen LogP) is 2.45. The molecule has 1 saturated heterocycles. The van der Waals surface area contributed by atoms with Gasteiger partial charge in [0.15, 0.2) is 5.72 Å². The van der Waals surface area contributed by atoms with E-state index in [9.17, 15) is 9.90 Å². The molecule has 0 bridgehead atoms. The van der Waals surface area contributed by atoms with E-state index in [0.717, 1.165) is 11.3 Å². The maximum absolute atomic E-state index is 11.4. The minimum Gasteiger partial charge on any atom is -0.475 e. The number of carboxylic acids is 1. The molecular weight excluding hydrogens is 382 g/mol. The van der Waals surface area contributed by atoms with Crippen LogP contribution in [0.15, 0.2) is 42.6 Å². The van der Waals surface area contributed by atoms with E-state index in [4.69, 9.17) is 16.3 Å². The van der Waals surface area contributed by atoms with Crippen molar-refractivity contribution in [3.05, 3.63) is 70.5 Å². The number of ether oxygens (including phenoxy) is 1. The van der Waals surface area contributed by atoms with Crippen LogP contribution in [0, 0.1) is 0 Å². The number of hydrogen-bond donors (Lipinski definition) is 1. The Balaban J connectivity index is 1.85. The second-order valence-corrected chi connectivity index (χ2v) is 7.31. The lowest BCUT2D eigenvalue weighted by Crippen LogP contribution is -2.45. The van der Waals surface area contributed by atoms with Crippen LogP contribution >= 0.6 is 11.6 Å². The number of aromatic nitrogens is 4. The van der Waals surface area contributed by atoms with Crippen LogP contribution in [-0.2, 0) is 17.0 Å². The van der Waals surface area contributed by atoms with E-state index in [1.165, 1.54) is 0 Å². The zero-order valence-electron chi connectivity index (χ0n) is 14.9. The second-order valence-electron chi connectivity index (χ2n) is 6.88. The van der Waals surface area contributed by atoms with Gasteiger partial charge in [0.2, 0.25) is 0 Å². The van der Waals surface area contributed by atoms with Crippen molar-refractivity contribution in [3.63, 3.8) is 0 Å². The Bertz CT molecular complexity index is 1090. The Labute approximate surface area is 165 Å². The summed E-state index contributed by atoms with van der Waals surface area (Å²) in [5.41, 5.74) is 1.18. The standard InChI is InChI=1S/C19H16ClN5O3/c1-11-10-28-19(15-4-2-3-7-21-15)13-8-12(20)5-6-14(13)25-16(9-24(11)19)22-17(23-25)18(26)27/h2-8,11H,9-10H2,1H3,(H,26,27). The van der Waals surface area contributed by atoms with Gasteiger partial charge in [-0.3, -0.25) is 9.88 Å². The zero-order chi connectivity index (χ0) is 19.5. The molecule has 4 heterocycles. The van der Waals surface area contributed by atoms with E-state index in [2.05, 4.69) is 26.9 Å². The number of rotatable bonds is 2. The Morgan fingerprint density at radius 3 is 2.96 bits per heavy atom. The molecule has 1 N–H and O–H groups in total. The van der Waals surface area contributed by atoms with Crippen LogP contribution in [0.3, 0.4) is 0 Å². The smallest absolute Gasteiger partial charge is 0.375 e. The summed E-state index contributed by atoms with van der Waals surface area (Å²) >= 11 is 6.36. The fraction of sp³-hybridized carbons (Fsp3) is 0.263. The first-order valence-corrected chi connectivity index (χ1v) is 9.20. The number of pyridine rings is 1. The van der Waals surface area contributed by atoms with E-state index in [0.29, 0.717) is 29.7 Å². The van der Waals surface area contributed by atoms with Crippen molar-refractivity contribution in [1.82, 2.24) is 24.6 Å². The van der Waals surface area contributed by atoms with Gasteiger partial charge >= 0.3 is 5.97 Å². The summed E-state index contributed by atoms with van der Waals surface area (Å²) in [5.74, 6) is -0.886. The van der Waals surface area contributed by atoms with Crippen molar-refractivity contribution in [2.75, 3.05) is 6.61 Å². The SMILES string of the molecule is CC1COC2(c3ccccn3)c3cc(Cl)ccc3-n3nc(C(=O)O)nc3CN12. The molecular formula is C19H16ClN5O3. The van der Waals surface area contributed by atoms with Gasteiger partial charge in [0.05, 0.1) is 24.5 Å². The number of aromatic carboxylic acids is 1. The van der Waals surface area contributed by atoms with Gasteiger partial charge in [-0.2, -0.15) is 0 Å². The first kappa shape index (κ1) is 17.3. The molecule has 0 aliphatic carbocycles. The maximum Gasteiger partial charge on any atom is 0.375 e. The highest BCUT2D eigenvalue weighted by molar-refractivity contribution is 6.30. The van der Waals surface area contributed by atoms with Crippen LogP contribution in [0.1, 0.15) is 34.6 Å². The second kappa shape index (κ2) is 6.10. The monoisotopic (exact) mass is 397 g/mol. The number of halogens is 1. The van der Waals surface area contributed by atoms with E-state index in [1.807, 2.05) is 30.3 Å². The molecule has 5 rings (SSSR count). The highest BCUT2D eigenvalue weighted by Gasteiger charge is 2.53. The van der Waals surface area contributed by atoms with Crippen molar-refractivity contribution >= 4 is 17.6 Å². The van der Waals surface area contributed by atoms with E-state index < -0.39 is 11.7 Å². The van der Waals surface area contributed by atoms with E-state index in [-0.39, 0.29) is 11.9 Å². The molecule has 0 radical (unpaired) electrons. The zero-order valence-corrected chi connectivity index (χ0v) is 15.7. The minimum absolute atomic E-state index is 0.0466. The average Bonchev–Trinajstić information content (AvgIpc) is 3.23. The number of hydrogen-bond acceptors (Lipinski definition) is 6. The molecule has 2 unspecified atom stereocenters. The Kier molecular flexibility index (Phi) is 3.77. The van der Waals surface area contributed by atoms with Gasteiger partial charge in [-0.15, -0.1) is 5.10 Å². The van der Waals surface area contributed by atoms with E-state index in [1.54, 1.807) is 16.9 Å². The molecule has 8 nitrogen and oxygen atoms in total. The van der Waals surface area contributed by atoms with Crippen LogP contribution < -0.4 is 0 Å². The molecule has 1 fully saturated rings. The summed E-state index contributed by atoms with van der Waals surface area (Å²) in [6, 6.07) is 11.1. The highest BCUT2D eigenvalue weighted by Crippen LogP contribution is 2.47. The lowest BCUT2D eigenvalue weighted by atomic mass is 9.95. The number of benzene rings is 1. The van der Waals surface area contributed by atoms with Gasteiger partial charge in [-0.1, -0.05) is 17.7 Å². The summed E-state index contributed by atoms with van der Waals surface area (Å²) in [6.07, 6.45) is 1.73. The average molecular weight is 398 g/mol. The summed E-state index contributed by atoms with van der Waals surface area (Å²) in [4.78, 5) is 22.4. The largest absolute Gasteiger partial charge is 0.475 e. The van der Waals surface area contributed by atoms with Crippen LogP contribution in [0.5, 0.6) is 0 Å². The molecule has 3 aromatic rings. The Morgan fingerprint density at radius 1 is 1.36 bits per heavy atom. The molecule has 0 amide bonds. The first-order valence-electron chi connectivity index (χ1n) is 8.82. The summed E-state index contributed by atoms with van der Waals surface area (Å²) in [6.45, 7) is 2.89. The molecule has 0 saturated carbocycles. The third-order valence-electron chi connectivity index (χ3n) is 5.21. The van der Waals surface area contributed by atoms with E-state index >= 15 is 0 Å². The Morgan fingerprint density at radius 2 is 2.21 bits per heavy atom. The fourth-order valence-corrected chi connectivity index (χ4v) is 4.17. The summed E-state index contributed by atoms with van der Waals surface area (Å²) < 4.78 is 7.97. The molecule has 2 aliphatic rings. The van der Waals surface area contributed by atoms with Crippen molar-refractivity contribution in [3.8, 4) is 5.69 Å². The lowest BCUT2D eigenvalue weighted by Gasteiger charge is -2.37. The van der Waals surface area contributed by atoms with Gasteiger partial charge in [0.1, 0.15) is 5.82 Å². The molecule has 2 atom stereocenters. The minimum atomic E-state index is -1.17. The molecule has 2 aliphatic heterocycles. The van der Waals surface area contributed by atoms with Gasteiger partial charge < -0.3 is 9.84 Å². The van der Waals surface area contributed by atoms with Crippen molar-refractivity contribution in [1.29, 1.82) is 0 Å². The fourth-order valence-electron chi connectivity index (χ4n) is 3.99. The number of nitrogens with zero attached hydrogens (tertiary/aromatic N) is 5. The van der Waals surface area contributed by atoms with Crippen LogP contribution in [0.25, 0.3) is 5.69 Å². The highest BCUT2D eigenvalue weighted by atomic mass is 35.5. The van der Waals surface area contributed by atoms with Gasteiger partial charge in [0, 0.05) is 22.8 Å². The van der Waals surface area contributed by atoms with Crippen LogP contribution in [0.2, 0.25) is 5.02 Å². The predicted molar refractivity (Wildman–Crippen MR) is 99.3 cm³/mol. The quantitative estimate of drug-likeness (QED) is 0.709. The van der Waals surface area contributed by atoms with Crippen molar-refractivity contribution in [2.45, 2.75) is 25.2 Å². The molecule has 142 valence electrons. The Hall–Kier alpha value is -2.81. The third kappa shape index (κ3) is 2.32. The summed E-state index contributed by atoms with van der Waals surface area (Å²) in [7, 11) is 0. The van der Waals surface area contributed by atoms with Crippen molar-refractivity contribution in [2.24, 2.45) is 0 Å². The molecule has 28 heavy (non-hydrogen) atoms. The molecule has 2 aromatic heterocycles. The molecule has 9 heteroatoms. The van der Waals surface area contributed by atoms with Gasteiger partial charge in [0.25, 0.3) is 5.82 Å². The number of fused-ring (bicyclic) bond motifs is 5. The molecule has 0 spiro atoms. The topological polar surface area (TPSA) is 93.4 Å². The lowest BCUT2D eigenvalue weighted by molar-refractivity contribution is -0.0618. The third-order valence-corrected chi connectivity index (χ3v) is 5.45. The normalized spacial score (nSPS) is 23.6. The number of carbonyl (C=O) groups is 1. The molecule has 1 aromatic carbocycles. The van der Waals surface area contributed by atoms with Crippen molar-refractivity contribution < 1.29 is 14.6 Å². The van der Waals surface area contributed by atoms with Crippen LogP contribution in [-0.4, -0.2) is 48.4 Å². The van der Waals surface area contributed by atoms with Crippen LogP contribution in [0.4, 0.5) is 0 Å².